The highest BCUT2D eigenvalue weighted by atomic mass is 14.1. The van der Waals surface area contributed by atoms with E-state index >= 15 is 0 Å². The average Bonchev–Trinajstić information content (AvgIpc) is 2.43. The minimum atomic E-state index is 1.29. The van der Waals surface area contributed by atoms with Gasteiger partial charge in [-0.1, -0.05) is 60.7 Å². The van der Waals surface area contributed by atoms with Crippen molar-refractivity contribution in [2.75, 3.05) is 0 Å². The zero-order valence-corrected chi connectivity index (χ0v) is 10.8. The Kier molecular flexibility index (Phi) is 2.64. The Hall–Kier alpha value is -2.08. The molecule has 3 aromatic rings. The molecule has 0 saturated carbocycles. The lowest BCUT2D eigenvalue weighted by Gasteiger charge is -2.11. The van der Waals surface area contributed by atoms with Crippen LogP contribution in [-0.4, -0.2) is 0 Å². The molecule has 0 amide bonds. The van der Waals surface area contributed by atoms with E-state index in [0.717, 1.165) is 0 Å². The van der Waals surface area contributed by atoms with E-state index < -0.39 is 0 Å². The van der Waals surface area contributed by atoms with Crippen LogP contribution in [0.5, 0.6) is 0 Å². The van der Waals surface area contributed by atoms with Gasteiger partial charge in [-0.3, -0.25) is 0 Å². The second-order valence-corrected chi connectivity index (χ2v) is 4.79. The fourth-order valence-corrected chi connectivity index (χ4v) is 2.59. The summed E-state index contributed by atoms with van der Waals surface area (Å²) in [5.41, 5.74) is 5.30. The monoisotopic (exact) mass is 232 g/mol. The van der Waals surface area contributed by atoms with Crippen LogP contribution < -0.4 is 0 Å². The van der Waals surface area contributed by atoms with Gasteiger partial charge in [0, 0.05) is 0 Å². The number of hydrogen-bond donors (Lipinski definition) is 0. The van der Waals surface area contributed by atoms with E-state index in [0.29, 0.717) is 0 Å². The molecule has 0 bridgehead atoms. The molecule has 0 aliphatic rings. The van der Waals surface area contributed by atoms with Gasteiger partial charge in [-0.15, -0.1) is 0 Å². The summed E-state index contributed by atoms with van der Waals surface area (Å²) in [5, 5.41) is 2.74. The van der Waals surface area contributed by atoms with Crippen molar-refractivity contribution in [3.8, 4) is 11.1 Å². The predicted octanol–water partition coefficient (Wildman–Crippen LogP) is 5.12. The third-order valence-electron chi connectivity index (χ3n) is 3.55. The van der Waals surface area contributed by atoms with Crippen molar-refractivity contribution in [2.45, 2.75) is 13.8 Å². The molecule has 0 heterocycles. The van der Waals surface area contributed by atoms with E-state index in [9.17, 15) is 0 Å². The van der Waals surface area contributed by atoms with E-state index in [1.54, 1.807) is 0 Å². The van der Waals surface area contributed by atoms with Crippen molar-refractivity contribution in [3.05, 3.63) is 71.8 Å². The maximum absolute atomic E-state index is 2.21. The highest BCUT2D eigenvalue weighted by molar-refractivity contribution is 6.00. The first-order valence-corrected chi connectivity index (χ1v) is 6.32. The van der Waals surface area contributed by atoms with Crippen molar-refractivity contribution in [1.82, 2.24) is 0 Å². The molecule has 0 aromatic heterocycles. The number of rotatable bonds is 1. The molecule has 18 heavy (non-hydrogen) atoms. The zero-order valence-electron chi connectivity index (χ0n) is 10.8. The minimum Gasteiger partial charge on any atom is -0.0622 e. The third kappa shape index (κ3) is 1.70. The van der Waals surface area contributed by atoms with Crippen molar-refractivity contribution in [1.29, 1.82) is 0 Å². The van der Waals surface area contributed by atoms with E-state index in [1.165, 1.54) is 33.0 Å². The summed E-state index contributed by atoms with van der Waals surface area (Å²) < 4.78 is 0. The number of fused-ring (bicyclic) bond motifs is 1. The minimum absolute atomic E-state index is 1.29. The Morgan fingerprint density at radius 1 is 0.611 bits per heavy atom. The standard InChI is InChI=1S/C18H16/c1-13-11-12-14(2)18-16(13)9-6-10-17(18)15-7-4-3-5-8-15/h3-12H,1-2H3. The fourth-order valence-electron chi connectivity index (χ4n) is 2.59. The van der Waals surface area contributed by atoms with Gasteiger partial charge in [0.2, 0.25) is 0 Å². The molecule has 0 radical (unpaired) electrons. The number of benzene rings is 3. The predicted molar refractivity (Wildman–Crippen MR) is 78.9 cm³/mol. The second-order valence-electron chi connectivity index (χ2n) is 4.79. The maximum atomic E-state index is 2.21. The van der Waals surface area contributed by atoms with Gasteiger partial charge in [0.15, 0.2) is 0 Å². The summed E-state index contributed by atoms with van der Waals surface area (Å²) in [4.78, 5) is 0. The first kappa shape index (κ1) is 11.0. The lowest BCUT2D eigenvalue weighted by Crippen LogP contribution is -1.87. The largest absolute Gasteiger partial charge is 0.0622 e. The molecule has 0 N–H and O–H groups in total. The quantitative estimate of drug-likeness (QED) is 0.546. The van der Waals surface area contributed by atoms with Crippen LogP contribution >= 0.6 is 0 Å². The van der Waals surface area contributed by atoms with Gasteiger partial charge in [-0.25, -0.2) is 0 Å². The van der Waals surface area contributed by atoms with Crippen LogP contribution in [0.1, 0.15) is 11.1 Å². The molecule has 0 atom stereocenters. The molecule has 0 heteroatoms. The SMILES string of the molecule is Cc1ccc(C)c2c(-c3ccccc3)cccc12. The molecular formula is C18H16. The molecule has 88 valence electrons. The Morgan fingerprint density at radius 3 is 2.11 bits per heavy atom. The lowest BCUT2D eigenvalue weighted by atomic mass is 9.93. The van der Waals surface area contributed by atoms with E-state index in [-0.39, 0.29) is 0 Å². The van der Waals surface area contributed by atoms with Crippen LogP contribution in [0, 0.1) is 13.8 Å². The Bertz CT molecular complexity index is 694. The first-order chi connectivity index (χ1) is 8.77. The highest BCUT2D eigenvalue weighted by Gasteiger charge is 2.07. The smallest absolute Gasteiger partial charge is 0.00735 e. The summed E-state index contributed by atoms with van der Waals surface area (Å²) in [6, 6.07) is 21.6. The molecule has 3 aromatic carbocycles. The average molecular weight is 232 g/mol. The van der Waals surface area contributed by atoms with Crippen LogP contribution in [-0.2, 0) is 0 Å². The van der Waals surface area contributed by atoms with Crippen LogP contribution in [0.2, 0.25) is 0 Å². The van der Waals surface area contributed by atoms with Crippen molar-refractivity contribution < 1.29 is 0 Å². The van der Waals surface area contributed by atoms with E-state index in [1.807, 2.05) is 0 Å². The van der Waals surface area contributed by atoms with Gasteiger partial charge in [0.25, 0.3) is 0 Å². The van der Waals surface area contributed by atoms with Gasteiger partial charge >= 0.3 is 0 Å². The van der Waals surface area contributed by atoms with Crippen LogP contribution in [0.3, 0.4) is 0 Å². The fraction of sp³-hybridized carbons (Fsp3) is 0.111. The zero-order chi connectivity index (χ0) is 12.5. The third-order valence-corrected chi connectivity index (χ3v) is 3.55. The maximum Gasteiger partial charge on any atom is -0.00735 e. The summed E-state index contributed by atoms with van der Waals surface area (Å²) in [6.07, 6.45) is 0. The van der Waals surface area contributed by atoms with Gasteiger partial charge in [-0.2, -0.15) is 0 Å². The topological polar surface area (TPSA) is 0 Å². The highest BCUT2D eigenvalue weighted by Crippen LogP contribution is 2.32. The van der Waals surface area contributed by atoms with Crippen LogP contribution in [0.15, 0.2) is 60.7 Å². The molecule has 0 spiro atoms. The van der Waals surface area contributed by atoms with E-state index in [4.69, 9.17) is 0 Å². The summed E-state index contributed by atoms with van der Waals surface area (Å²) in [5.74, 6) is 0. The molecule has 3 rings (SSSR count). The van der Waals surface area contributed by atoms with Crippen molar-refractivity contribution >= 4 is 10.8 Å². The summed E-state index contributed by atoms with van der Waals surface area (Å²) in [7, 11) is 0. The molecular weight excluding hydrogens is 216 g/mol. The van der Waals surface area contributed by atoms with Crippen molar-refractivity contribution in [2.24, 2.45) is 0 Å². The van der Waals surface area contributed by atoms with Gasteiger partial charge in [0.1, 0.15) is 0 Å². The number of aryl methyl sites for hydroxylation is 2. The summed E-state index contributed by atoms with van der Waals surface area (Å²) >= 11 is 0. The van der Waals surface area contributed by atoms with Crippen LogP contribution in [0.25, 0.3) is 21.9 Å². The number of hydrogen-bond acceptors (Lipinski definition) is 0. The van der Waals surface area contributed by atoms with Crippen LogP contribution in [0.4, 0.5) is 0 Å². The van der Waals surface area contributed by atoms with Gasteiger partial charge in [-0.05, 0) is 46.9 Å². The second kappa shape index (κ2) is 4.30. The summed E-state index contributed by atoms with van der Waals surface area (Å²) in [6.45, 7) is 4.37. The lowest BCUT2D eigenvalue weighted by molar-refractivity contribution is 1.46. The normalized spacial score (nSPS) is 10.8. The molecule has 0 saturated heterocycles. The molecule has 0 fully saturated rings. The van der Waals surface area contributed by atoms with E-state index in [2.05, 4.69) is 74.5 Å². The molecule has 0 aliphatic heterocycles. The van der Waals surface area contributed by atoms with Crippen molar-refractivity contribution in [3.63, 3.8) is 0 Å². The Labute approximate surface area is 108 Å². The first-order valence-electron chi connectivity index (χ1n) is 6.32. The Balaban J connectivity index is 2.41. The van der Waals surface area contributed by atoms with Gasteiger partial charge < -0.3 is 0 Å². The van der Waals surface area contributed by atoms with Gasteiger partial charge in [0.05, 0.1) is 0 Å². The Morgan fingerprint density at radius 2 is 1.33 bits per heavy atom. The molecule has 0 aliphatic carbocycles. The molecule has 0 nitrogen and oxygen atoms in total. The molecule has 0 unspecified atom stereocenters.